The van der Waals surface area contributed by atoms with Crippen LogP contribution in [0.2, 0.25) is 0 Å². The van der Waals surface area contributed by atoms with E-state index in [2.05, 4.69) is 67.6 Å². The molecule has 5 rings (SSSR count). The van der Waals surface area contributed by atoms with E-state index in [1.54, 1.807) is 0 Å². The van der Waals surface area contributed by atoms with Crippen molar-refractivity contribution in [3.8, 4) is 0 Å². The minimum atomic E-state index is 0.906. The molecule has 0 saturated carbocycles. The van der Waals surface area contributed by atoms with Gasteiger partial charge < -0.3 is 5.73 Å². The first-order chi connectivity index (χ1) is 11.3. The first-order valence-electron chi connectivity index (χ1n) is 8.16. The molecule has 2 N–H and O–H groups in total. The van der Waals surface area contributed by atoms with E-state index >= 15 is 0 Å². The summed E-state index contributed by atoms with van der Waals surface area (Å²) >= 11 is 0. The van der Waals surface area contributed by atoms with Gasteiger partial charge in [0.25, 0.3) is 0 Å². The van der Waals surface area contributed by atoms with Gasteiger partial charge in [0.1, 0.15) is 0 Å². The molecule has 5 aromatic rings. The summed E-state index contributed by atoms with van der Waals surface area (Å²) in [4.78, 5) is 0. The zero-order chi connectivity index (χ0) is 15.6. The van der Waals surface area contributed by atoms with Gasteiger partial charge in [-0.25, -0.2) is 0 Å². The van der Waals surface area contributed by atoms with E-state index in [-0.39, 0.29) is 0 Å². The van der Waals surface area contributed by atoms with Crippen molar-refractivity contribution in [1.82, 2.24) is 0 Å². The van der Waals surface area contributed by atoms with Gasteiger partial charge in [0.15, 0.2) is 0 Å². The van der Waals surface area contributed by atoms with Crippen molar-refractivity contribution in [2.24, 2.45) is 0 Å². The first-order valence-corrected chi connectivity index (χ1v) is 8.16. The molecule has 0 aliphatic carbocycles. The van der Waals surface area contributed by atoms with E-state index in [1.807, 2.05) is 0 Å². The molecule has 0 aromatic heterocycles. The van der Waals surface area contributed by atoms with Crippen molar-refractivity contribution < 1.29 is 0 Å². The minimum Gasteiger partial charge on any atom is -0.398 e. The van der Waals surface area contributed by atoms with Crippen LogP contribution in [-0.4, -0.2) is 0 Å². The Hall–Kier alpha value is -2.80. The van der Waals surface area contributed by atoms with Crippen molar-refractivity contribution >= 4 is 48.8 Å². The Morgan fingerprint density at radius 1 is 0.696 bits per heavy atom. The third-order valence-electron chi connectivity index (χ3n) is 5.13. The fourth-order valence-electron chi connectivity index (χ4n) is 4.20. The molecule has 0 aliphatic heterocycles. The van der Waals surface area contributed by atoms with Crippen molar-refractivity contribution in [3.05, 3.63) is 66.2 Å². The van der Waals surface area contributed by atoms with Gasteiger partial charge in [0, 0.05) is 5.69 Å². The third kappa shape index (κ3) is 1.52. The fourth-order valence-corrected chi connectivity index (χ4v) is 4.20. The van der Waals surface area contributed by atoms with Crippen LogP contribution >= 0.6 is 0 Å². The number of fused-ring (bicyclic) bond motifs is 2. The summed E-state index contributed by atoms with van der Waals surface area (Å²) in [5, 5.41) is 10.6. The number of anilines is 1. The van der Waals surface area contributed by atoms with Crippen LogP contribution in [0.4, 0.5) is 5.69 Å². The molecule has 0 amide bonds. The van der Waals surface area contributed by atoms with Crippen LogP contribution < -0.4 is 5.73 Å². The van der Waals surface area contributed by atoms with E-state index in [4.69, 9.17) is 5.73 Å². The van der Waals surface area contributed by atoms with Gasteiger partial charge in [-0.1, -0.05) is 61.5 Å². The van der Waals surface area contributed by atoms with Crippen molar-refractivity contribution in [3.63, 3.8) is 0 Å². The maximum absolute atomic E-state index is 6.40. The topological polar surface area (TPSA) is 26.0 Å². The first kappa shape index (κ1) is 12.7. The van der Waals surface area contributed by atoms with Crippen LogP contribution in [-0.2, 0) is 6.42 Å². The largest absolute Gasteiger partial charge is 0.398 e. The normalized spacial score (nSPS) is 12.0. The lowest BCUT2D eigenvalue weighted by atomic mass is 9.86. The summed E-state index contributed by atoms with van der Waals surface area (Å²) in [7, 11) is 0. The summed E-state index contributed by atoms with van der Waals surface area (Å²) in [5.41, 5.74) is 8.57. The molecule has 23 heavy (non-hydrogen) atoms. The highest BCUT2D eigenvalue weighted by Crippen LogP contribution is 2.43. The second kappa shape index (κ2) is 4.36. The number of hydrogen-bond acceptors (Lipinski definition) is 1. The van der Waals surface area contributed by atoms with E-state index in [9.17, 15) is 0 Å². The molecule has 1 heteroatoms. The Morgan fingerprint density at radius 3 is 2.00 bits per heavy atom. The zero-order valence-corrected chi connectivity index (χ0v) is 13.1. The Balaban J connectivity index is 2.28. The van der Waals surface area contributed by atoms with E-state index < -0.39 is 0 Å². The monoisotopic (exact) mass is 295 g/mol. The van der Waals surface area contributed by atoms with Crippen molar-refractivity contribution in [1.29, 1.82) is 0 Å². The lowest BCUT2D eigenvalue weighted by molar-refractivity contribution is 1.17. The molecule has 5 aromatic carbocycles. The average Bonchev–Trinajstić information content (AvgIpc) is 2.58. The van der Waals surface area contributed by atoms with Crippen LogP contribution in [0.5, 0.6) is 0 Å². The molecule has 0 unspecified atom stereocenters. The molecule has 0 fully saturated rings. The summed E-state index contributed by atoms with van der Waals surface area (Å²) in [6, 6.07) is 21.9. The number of nitrogens with two attached hydrogens (primary N) is 1. The van der Waals surface area contributed by atoms with Crippen LogP contribution in [0.1, 0.15) is 12.5 Å². The highest BCUT2D eigenvalue weighted by molar-refractivity contribution is 6.34. The van der Waals surface area contributed by atoms with Crippen LogP contribution in [0.25, 0.3) is 43.1 Å². The van der Waals surface area contributed by atoms with E-state index in [1.165, 1.54) is 48.7 Å². The van der Waals surface area contributed by atoms with Crippen molar-refractivity contribution in [2.75, 3.05) is 5.73 Å². The van der Waals surface area contributed by atoms with Crippen LogP contribution in [0.15, 0.2) is 60.7 Å². The lowest BCUT2D eigenvalue weighted by Crippen LogP contribution is -1.97. The number of hydrogen-bond donors (Lipinski definition) is 1. The van der Waals surface area contributed by atoms with Gasteiger partial charge in [-0.2, -0.15) is 0 Å². The van der Waals surface area contributed by atoms with Gasteiger partial charge in [0.2, 0.25) is 0 Å². The molecular weight excluding hydrogens is 278 g/mol. The molecule has 110 valence electrons. The Labute approximate surface area is 134 Å². The highest BCUT2D eigenvalue weighted by Gasteiger charge is 2.16. The lowest BCUT2D eigenvalue weighted by Gasteiger charge is -2.18. The summed E-state index contributed by atoms with van der Waals surface area (Å²) in [6.45, 7) is 2.19. The standard InChI is InChI=1S/C22H17N/c1-2-15-19(23)12-14-8-5-10-17-16-9-3-6-13-7-4-11-18(20(13)16)22(15)21(14)17/h3-12H,2,23H2,1H3. The van der Waals surface area contributed by atoms with Gasteiger partial charge in [0.05, 0.1) is 0 Å². The summed E-state index contributed by atoms with van der Waals surface area (Å²) < 4.78 is 0. The van der Waals surface area contributed by atoms with E-state index in [0.29, 0.717) is 0 Å². The van der Waals surface area contributed by atoms with Crippen LogP contribution in [0.3, 0.4) is 0 Å². The average molecular weight is 295 g/mol. The quantitative estimate of drug-likeness (QED) is 0.233. The Morgan fingerprint density at radius 2 is 1.30 bits per heavy atom. The molecular formula is C22H17N. The third-order valence-corrected chi connectivity index (χ3v) is 5.13. The second-order valence-corrected chi connectivity index (χ2v) is 6.29. The van der Waals surface area contributed by atoms with E-state index in [0.717, 1.165) is 12.1 Å². The molecule has 0 radical (unpaired) electrons. The summed E-state index contributed by atoms with van der Waals surface area (Å²) in [5.74, 6) is 0. The van der Waals surface area contributed by atoms with Crippen LogP contribution in [0, 0.1) is 0 Å². The fraction of sp³-hybridized carbons (Fsp3) is 0.0909. The van der Waals surface area contributed by atoms with Gasteiger partial charge in [-0.05, 0) is 61.1 Å². The number of nitrogen functional groups attached to an aromatic ring is 1. The number of rotatable bonds is 1. The molecule has 0 heterocycles. The molecule has 1 nitrogen and oxygen atoms in total. The Bertz CT molecular complexity index is 1200. The molecule has 0 spiro atoms. The molecule has 0 bridgehead atoms. The predicted octanol–water partition coefficient (Wildman–Crippen LogP) is 5.88. The molecule has 0 saturated heterocycles. The summed E-state index contributed by atoms with van der Waals surface area (Å²) in [6.07, 6.45) is 0.948. The SMILES string of the molecule is CCc1c(N)cc2cccc3c4cccc5cccc(c1c23)c54. The molecule has 0 aliphatic rings. The number of aryl methyl sites for hydroxylation is 1. The zero-order valence-electron chi connectivity index (χ0n) is 13.1. The van der Waals surface area contributed by atoms with Gasteiger partial charge >= 0.3 is 0 Å². The van der Waals surface area contributed by atoms with Gasteiger partial charge in [-0.3, -0.25) is 0 Å². The maximum Gasteiger partial charge on any atom is 0.0359 e. The van der Waals surface area contributed by atoms with Crippen molar-refractivity contribution in [2.45, 2.75) is 13.3 Å². The highest BCUT2D eigenvalue weighted by atomic mass is 14.6. The smallest absolute Gasteiger partial charge is 0.0359 e. The maximum atomic E-state index is 6.40. The predicted molar refractivity (Wildman–Crippen MR) is 101 cm³/mol. The number of benzene rings is 5. The molecule has 0 atom stereocenters. The minimum absolute atomic E-state index is 0.906. The van der Waals surface area contributed by atoms with Gasteiger partial charge in [-0.15, -0.1) is 0 Å². The second-order valence-electron chi connectivity index (χ2n) is 6.29. The Kier molecular flexibility index (Phi) is 2.41.